The maximum Gasteiger partial charge on any atom is 0.0947 e. The third kappa shape index (κ3) is 3.72. The molecule has 0 aromatic heterocycles. The fraction of sp³-hybridized carbons (Fsp3) is 0.714. The smallest absolute Gasteiger partial charge is 0.0947 e. The minimum Gasteiger partial charge on any atom is -0.499 e. The van der Waals surface area contributed by atoms with E-state index in [1.807, 2.05) is 13.0 Å². The maximum atomic E-state index is 5.16. The van der Waals surface area contributed by atoms with E-state index in [9.17, 15) is 0 Å². The van der Waals surface area contributed by atoms with E-state index < -0.39 is 0 Å². The van der Waals surface area contributed by atoms with E-state index in [4.69, 9.17) is 4.74 Å². The van der Waals surface area contributed by atoms with Crippen LogP contribution in [0, 0.1) is 0 Å². The molecule has 0 rings (SSSR count). The first-order chi connectivity index (χ1) is 3.81. The third-order valence-electron chi connectivity index (χ3n) is 1.02. The van der Waals surface area contributed by atoms with Crippen molar-refractivity contribution in [2.24, 2.45) is 0 Å². The molecule has 0 unspecified atom stereocenters. The lowest BCUT2D eigenvalue weighted by Gasteiger charge is -2.05. The van der Waals surface area contributed by atoms with E-state index in [0.717, 1.165) is 6.42 Å². The normalized spacial score (nSPS) is 14.4. The first-order valence-electron chi connectivity index (χ1n) is 3.07. The summed E-state index contributed by atoms with van der Waals surface area (Å²) >= 11 is 0. The van der Waals surface area contributed by atoms with Crippen LogP contribution >= 0.6 is 0 Å². The number of hydrogen-bond acceptors (Lipinski definition) is 1. The Kier molecular flexibility index (Phi) is 4.42. The summed E-state index contributed by atoms with van der Waals surface area (Å²) in [6.07, 6.45) is 5.07. The fourth-order valence-corrected chi connectivity index (χ4v) is 0.309. The summed E-state index contributed by atoms with van der Waals surface area (Å²) in [7, 11) is 0. The first kappa shape index (κ1) is 7.54. The number of ether oxygens (including phenoxy) is 1. The Morgan fingerprint density at radius 1 is 1.62 bits per heavy atom. The van der Waals surface area contributed by atoms with Crippen LogP contribution in [0.3, 0.4) is 0 Å². The molecule has 1 heteroatoms. The van der Waals surface area contributed by atoms with Gasteiger partial charge in [-0.1, -0.05) is 13.0 Å². The van der Waals surface area contributed by atoms with Gasteiger partial charge in [0.15, 0.2) is 0 Å². The predicted octanol–water partition coefficient (Wildman–Crippen LogP) is 2.34. The van der Waals surface area contributed by atoms with Gasteiger partial charge in [0.25, 0.3) is 0 Å². The Balaban J connectivity index is 3.10. The average Bonchev–Trinajstić information content (AvgIpc) is 1.83. The molecule has 0 amide bonds. The zero-order valence-electron chi connectivity index (χ0n) is 5.85. The van der Waals surface area contributed by atoms with Crippen molar-refractivity contribution >= 4 is 0 Å². The van der Waals surface area contributed by atoms with E-state index in [-0.39, 0.29) is 0 Å². The second kappa shape index (κ2) is 4.69. The molecule has 0 aliphatic heterocycles. The Hall–Kier alpha value is -0.460. The SMILES string of the molecule is CC=CO[C@H](C)CC. The van der Waals surface area contributed by atoms with Crippen molar-refractivity contribution in [1.82, 2.24) is 0 Å². The van der Waals surface area contributed by atoms with Gasteiger partial charge in [-0.3, -0.25) is 0 Å². The van der Waals surface area contributed by atoms with Crippen LogP contribution in [-0.2, 0) is 4.74 Å². The molecule has 8 heavy (non-hydrogen) atoms. The second-order valence-electron chi connectivity index (χ2n) is 1.82. The van der Waals surface area contributed by atoms with E-state index >= 15 is 0 Å². The lowest BCUT2D eigenvalue weighted by atomic mass is 10.3. The molecular formula is C7H14O. The van der Waals surface area contributed by atoms with Crippen LogP contribution in [0.4, 0.5) is 0 Å². The van der Waals surface area contributed by atoms with Gasteiger partial charge in [0, 0.05) is 0 Å². The Labute approximate surface area is 51.4 Å². The van der Waals surface area contributed by atoms with Gasteiger partial charge in [0.05, 0.1) is 12.4 Å². The van der Waals surface area contributed by atoms with Crippen LogP contribution < -0.4 is 0 Å². The van der Waals surface area contributed by atoms with Crippen LogP contribution in [0.25, 0.3) is 0 Å². The third-order valence-corrected chi connectivity index (χ3v) is 1.02. The summed E-state index contributed by atoms with van der Waals surface area (Å²) in [5.41, 5.74) is 0. The summed E-state index contributed by atoms with van der Waals surface area (Å²) < 4.78 is 5.16. The highest BCUT2D eigenvalue weighted by Crippen LogP contribution is 1.94. The Morgan fingerprint density at radius 2 is 2.25 bits per heavy atom. The summed E-state index contributed by atoms with van der Waals surface area (Å²) in [4.78, 5) is 0. The van der Waals surface area contributed by atoms with Crippen molar-refractivity contribution in [2.45, 2.75) is 33.3 Å². The molecule has 0 radical (unpaired) electrons. The highest BCUT2D eigenvalue weighted by molar-refractivity contribution is 4.66. The molecular weight excluding hydrogens is 100 g/mol. The molecule has 0 aromatic carbocycles. The summed E-state index contributed by atoms with van der Waals surface area (Å²) in [5, 5.41) is 0. The lowest BCUT2D eigenvalue weighted by Crippen LogP contribution is -1.99. The lowest BCUT2D eigenvalue weighted by molar-refractivity contribution is 0.157. The second-order valence-corrected chi connectivity index (χ2v) is 1.82. The van der Waals surface area contributed by atoms with Gasteiger partial charge < -0.3 is 4.74 Å². The van der Waals surface area contributed by atoms with Gasteiger partial charge in [-0.05, 0) is 20.3 Å². The molecule has 0 aromatic rings. The van der Waals surface area contributed by atoms with Crippen LogP contribution in [0.5, 0.6) is 0 Å². The van der Waals surface area contributed by atoms with E-state index in [1.165, 1.54) is 0 Å². The standard InChI is InChI=1S/C7H14O/c1-4-6-8-7(3)5-2/h4,6-7H,5H2,1-3H3/t7-/m1/s1. The van der Waals surface area contributed by atoms with Gasteiger partial charge in [-0.2, -0.15) is 0 Å². The van der Waals surface area contributed by atoms with Crippen molar-refractivity contribution in [2.75, 3.05) is 0 Å². The van der Waals surface area contributed by atoms with Crippen molar-refractivity contribution < 1.29 is 4.74 Å². The Morgan fingerprint density at radius 3 is 2.62 bits per heavy atom. The van der Waals surface area contributed by atoms with Crippen molar-refractivity contribution in [3.05, 3.63) is 12.3 Å². The van der Waals surface area contributed by atoms with Gasteiger partial charge in [0.1, 0.15) is 0 Å². The van der Waals surface area contributed by atoms with Crippen LogP contribution in [0.1, 0.15) is 27.2 Å². The molecule has 0 saturated carbocycles. The zero-order valence-corrected chi connectivity index (χ0v) is 5.85. The van der Waals surface area contributed by atoms with Gasteiger partial charge >= 0.3 is 0 Å². The summed E-state index contributed by atoms with van der Waals surface area (Å²) in [6, 6.07) is 0. The zero-order chi connectivity index (χ0) is 6.41. The van der Waals surface area contributed by atoms with Gasteiger partial charge in [-0.15, -0.1) is 0 Å². The minimum atomic E-state index is 0.367. The number of hydrogen-bond donors (Lipinski definition) is 0. The molecule has 0 fully saturated rings. The van der Waals surface area contributed by atoms with Crippen molar-refractivity contribution in [3.63, 3.8) is 0 Å². The molecule has 0 aliphatic rings. The number of rotatable bonds is 3. The molecule has 0 saturated heterocycles. The maximum absolute atomic E-state index is 5.16. The quantitative estimate of drug-likeness (QED) is 0.512. The van der Waals surface area contributed by atoms with Gasteiger partial charge in [0.2, 0.25) is 0 Å². The van der Waals surface area contributed by atoms with E-state index in [1.54, 1.807) is 6.26 Å². The molecule has 48 valence electrons. The van der Waals surface area contributed by atoms with E-state index in [0.29, 0.717) is 6.10 Å². The van der Waals surface area contributed by atoms with Crippen LogP contribution in [0.2, 0.25) is 0 Å². The van der Waals surface area contributed by atoms with Crippen molar-refractivity contribution in [1.29, 1.82) is 0 Å². The van der Waals surface area contributed by atoms with Crippen molar-refractivity contribution in [3.8, 4) is 0 Å². The van der Waals surface area contributed by atoms with Gasteiger partial charge in [-0.25, -0.2) is 0 Å². The molecule has 1 atom stereocenters. The molecule has 0 N–H and O–H groups in total. The van der Waals surface area contributed by atoms with Crippen LogP contribution in [0.15, 0.2) is 12.3 Å². The molecule has 0 bridgehead atoms. The predicted molar refractivity (Wildman–Crippen MR) is 35.7 cm³/mol. The van der Waals surface area contributed by atoms with E-state index in [2.05, 4.69) is 13.8 Å². The van der Waals surface area contributed by atoms with Crippen LogP contribution in [-0.4, -0.2) is 6.10 Å². The highest BCUT2D eigenvalue weighted by atomic mass is 16.5. The number of allylic oxidation sites excluding steroid dienone is 1. The minimum absolute atomic E-state index is 0.367. The highest BCUT2D eigenvalue weighted by Gasteiger charge is 1.90. The Bertz CT molecular complexity index is 66.8. The molecule has 1 nitrogen and oxygen atoms in total. The summed E-state index contributed by atoms with van der Waals surface area (Å²) in [5.74, 6) is 0. The monoisotopic (exact) mass is 114 g/mol. The topological polar surface area (TPSA) is 9.23 Å². The largest absolute Gasteiger partial charge is 0.499 e. The fourth-order valence-electron chi connectivity index (χ4n) is 0.309. The first-order valence-corrected chi connectivity index (χ1v) is 3.07. The summed E-state index contributed by atoms with van der Waals surface area (Å²) in [6.45, 7) is 6.11. The molecule has 0 spiro atoms. The average molecular weight is 114 g/mol. The molecule has 0 aliphatic carbocycles. The molecule has 0 heterocycles.